The summed E-state index contributed by atoms with van der Waals surface area (Å²) >= 11 is 0. The van der Waals surface area contributed by atoms with Gasteiger partial charge in [0.2, 0.25) is 11.5 Å². The Bertz CT molecular complexity index is 776. The van der Waals surface area contributed by atoms with Gasteiger partial charge in [-0.1, -0.05) is 36.4 Å². The van der Waals surface area contributed by atoms with Crippen LogP contribution in [0.25, 0.3) is 0 Å². The molecule has 7 nitrogen and oxygen atoms in total. The van der Waals surface area contributed by atoms with Gasteiger partial charge in [0, 0.05) is 11.1 Å². The second-order valence-electron chi connectivity index (χ2n) is 5.13. The molecule has 0 saturated heterocycles. The molecule has 0 N–H and O–H groups in total. The molecule has 2 rings (SSSR count). The van der Waals surface area contributed by atoms with Gasteiger partial charge in [-0.25, -0.2) is 0 Å². The first-order chi connectivity index (χ1) is 12.0. The Balaban J connectivity index is 2.57. The molecule has 2 aromatic carbocycles. The Kier molecular flexibility index (Phi) is 5.62. The third-order valence-corrected chi connectivity index (χ3v) is 3.48. The lowest BCUT2D eigenvalue weighted by Crippen LogP contribution is -2.01. The molecule has 0 fully saturated rings. The molecule has 0 aliphatic rings. The van der Waals surface area contributed by atoms with E-state index in [1.807, 2.05) is 0 Å². The van der Waals surface area contributed by atoms with E-state index in [0.29, 0.717) is 11.1 Å². The molecule has 0 aromatic heterocycles. The van der Waals surface area contributed by atoms with E-state index in [0.717, 1.165) is 0 Å². The molecule has 2 aromatic rings. The van der Waals surface area contributed by atoms with Gasteiger partial charge in [-0.05, 0) is 25.0 Å². The van der Waals surface area contributed by atoms with Crippen molar-refractivity contribution < 1.29 is 14.6 Å². The van der Waals surface area contributed by atoms with Crippen LogP contribution >= 0.6 is 0 Å². The highest BCUT2D eigenvalue weighted by molar-refractivity contribution is 5.59. The molecule has 0 amide bonds. The van der Waals surface area contributed by atoms with Gasteiger partial charge in [0.05, 0.1) is 9.85 Å². The number of allylic oxidation sites excluding steroid dienone is 2. The minimum Gasteiger partial charge on any atom is -0.443 e. The van der Waals surface area contributed by atoms with Crippen molar-refractivity contribution in [3.8, 4) is 11.5 Å². The normalized spacial score (nSPS) is 10.1. The van der Waals surface area contributed by atoms with Crippen LogP contribution in [0.15, 0.2) is 61.7 Å². The van der Waals surface area contributed by atoms with Crippen LogP contribution in [0.3, 0.4) is 0 Å². The summed E-state index contributed by atoms with van der Waals surface area (Å²) in [6.07, 6.45) is 3.65. The Hall–Kier alpha value is -3.48. The number of para-hydroxylation sites is 2. The van der Waals surface area contributed by atoms with Crippen molar-refractivity contribution in [1.82, 2.24) is 0 Å². The molecular weight excluding hydrogens is 324 g/mol. The van der Waals surface area contributed by atoms with Gasteiger partial charge in [0.15, 0.2) is 0 Å². The van der Waals surface area contributed by atoms with Crippen LogP contribution in [-0.2, 0) is 12.8 Å². The van der Waals surface area contributed by atoms with E-state index >= 15 is 0 Å². The van der Waals surface area contributed by atoms with Crippen LogP contribution < -0.4 is 4.74 Å². The molecule has 128 valence electrons. The SMILES string of the molecule is C=CCc1cccc(Oc2cccc(CC=C)c2[N+](=O)[O-])c1[N+](=O)[O-]. The highest BCUT2D eigenvalue weighted by atomic mass is 16.6. The topological polar surface area (TPSA) is 95.5 Å². The van der Waals surface area contributed by atoms with Gasteiger partial charge >= 0.3 is 11.4 Å². The lowest BCUT2D eigenvalue weighted by atomic mass is 10.1. The van der Waals surface area contributed by atoms with Gasteiger partial charge in [0.1, 0.15) is 0 Å². The summed E-state index contributed by atoms with van der Waals surface area (Å²) < 4.78 is 5.59. The maximum absolute atomic E-state index is 11.4. The Morgan fingerprint density at radius 3 is 1.56 bits per heavy atom. The summed E-state index contributed by atoms with van der Waals surface area (Å²) in [4.78, 5) is 21.8. The Labute approximate surface area is 144 Å². The van der Waals surface area contributed by atoms with Crippen LogP contribution in [0, 0.1) is 20.2 Å². The van der Waals surface area contributed by atoms with Crippen LogP contribution in [0.4, 0.5) is 11.4 Å². The van der Waals surface area contributed by atoms with Crippen molar-refractivity contribution in [2.75, 3.05) is 0 Å². The van der Waals surface area contributed by atoms with E-state index in [1.165, 1.54) is 12.1 Å². The fourth-order valence-corrected chi connectivity index (χ4v) is 2.47. The molecular formula is C18H16N2O5. The summed E-state index contributed by atoms with van der Waals surface area (Å²) in [5.41, 5.74) is 0.376. The quantitative estimate of drug-likeness (QED) is 0.392. The van der Waals surface area contributed by atoms with Crippen molar-refractivity contribution in [3.05, 3.63) is 93.1 Å². The molecule has 0 bridgehead atoms. The summed E-state index contributed by atoms with van der Waals surface area (Å²) in [5.74, 6) is -0.105. The van der Waals surface area contributed by atoms with Crippen molar-refractivity contribution >= 4 is 11.4 Å². The first-order valence-electron chi connectivity index (χ1n) is 7.41. The third-order valence-electron chi connectivity index (χ3n) is 3.48. The number of nitrogens with zero attached hydrogens (tertiary/aromatic N) is 2. The van der Waals surface area contributed by atoms with E-state index in [-0.39, 0.29) is 35.7 Å². The molecule has 0 aliphatic carbocycles. The largest absolute Gasteiger partial charge is 0.443 e. The Morgan fingerprint density at radius 1 is 0.840 bits per heavy atom. The monoisotopic (exact) mass is 340 g/mol. The molecule has 0 spiro atoms. The molecule has 0 unspecified atom stereocenters. The average molecular weight is 340 g/mol. The predicted molar refractivity (Wildman–Crippen MR) is 94.1 cm³/mol. The van der Waals surface area contributed by atoms with E-state index in [1.54, 1.807) is 36.4 Å². The maximum atomic E-state index is 11.4. The van der Waals surface area contributed by atoms with Crippen molar-refractivity contribution in [1.29, 1.82) is 0 Å². The second kappa shape index (κ2) is 7.87. The number of hydrogen-bond donors (Lipinski definition) is 0. The molecule has 0 aliphatic heterocycles. The highest BCUT2D eigenvalue weighted by Crippen LogP contribution is 2.39. The first-order valence-corrected chi connectivity index (χ1v) is 7.41. The van der Waals surface area contributed by atoms with Gasteiger partial charge in [-0.3, -0.25) is 20.2 Å². The van der Waals surface area contributed by atoms with Gasteiger partial charge < -0.3 is 4.74 Å². The number of nitro groups is 2. The molecule has 0 atom stereocenters. The Morgan fingerprint density at radius 2 is 1.24 bits per heavy atom. The number of ether oxygens (including phenoxy) is 1. The maximum Gasteiger partial charge on any atom is 0.315 e. The zero-order chi connectivity index (χ0) is 18.4. The minimum atomic E-state index is -0.562. The fourth-order valence-electron chi connectivity index (χ4n) is 2.47. The summed E-state index contributed by atoms with van der Waals surface area (Å²) in [7, 11) is 0. The molecule has 0 radical (unpaired) electrons. The molecule has 25 heavy (non-hydrogen) atoms. The zero-order valence-electron chi connectivity index (χ0n) is 13.4. The molecule has 0 heterocycles. The van der Waals surface area contributed by atoms with E-state index in [9.17, 15) is 20.2 Å². The second-order valence-corrected chi connectivity index (χ2v) is 5.13. The lowest BCUT2D eigenvalue weighted by molar-refractivity contribution is -0.388. The van der Waals surface area contributed by atoms with E-state index in [4.69, 9.17) is 4.74 Å². The van der Waals surface area contributed by atoms with Gasteiger partial charge in [0.25, 0.3) is 0 Å². The first kappa shape index (κ1) is 17.9. The highest BCUT2D eigenvalue weighted by Gasteiger charge is 2.25. The van der Waals surface area contributed by atoms with Crippen LogP contribution in [0.2, 0.25) is 0 Å². The van der Waals surface area contributed by atoms with Gasteiger partial charge in [-0.2, -0.15) is 0 Å². The summed E-state index contributed by atoms with van der Waals surface area (Å²) in [6, 6.07) is 9.20. The van der Waals surface area contributed by atoms with Crippen LogP contribution in [0.1, 0.15) is 11.1 Å². The smallest absolute Gasteiger partial charge is 0.315 e. The predicted octanol–water partition coefficient (Wildman–Crippen LogP) is 4.75. The van der Waals surface area contributed by atoms with Gasteiger partial charge in [-0.15, -0.1) is 13.2 Å². The van der Waals surface area contributed by atoms with E-state index < -0.39 is 9.85 Å². The van der Waals surface area contributed by atoms with E-state index in [2.05, 4.69) is 13.2 Å². The van der Waals surface area contributed by atoms with Crippen LogP contribution in [-0.4, -0.2) is 9.85 Å². The van der Waals surface area contributed by atoms with Crippen molar-refractivity contribution in [3.63, 3.8) is 0 Å². The lowest BCUT2D eigenvalue weighted by Gasteiger charge is -2.10. The fraction of sp³-hybridized carbons (Fsp3) is 0.111. The van der Waals surface area contributed by atoms with Crippen molar-refractivity contribution in [2.24, 2.45) is 0 Å². The minimum absolute atomic E-state index is 0.0526. The number of rotatable bonds is 8. The standard InChI is InChI=1S/C18H16N2O5/c1-3-7-13-9-5-11-15(17(13)19(21)22)25-16-12-6-10-14(8-4-2)18(16)20(23)24/h3-6,9-12H,1-2,7-8H2. The number of hydrogen-bond acceptors (Lipinski definition) is 5. The summed E-state index contributed by atoms with van der Waals surface area (Å²) in [5, 5.41) is 22.9. The zero-order valence-corrected chi connectivity index (χ0v) is 13.4. The average Bonchev–Trinajstić information content (AvgIpc) is 2.55. The number of nitro benzene ring substituents is 2. The number of benzene rings is 2. The van der Waals surface area contributed by atoms with Crippen LogP contribution in [0.5, 0.6) is 11.5 Å². The molecule has 7 heteroatoms. The van der Waals surface area contributed by atoms with Crippen molar-refractivity contribution in [2.45, 2.75) is 12.8 Å². The summed E-state index contributed by atoms with van der Waals surface area (Å²) in [6.45, 7) is 7.15. The third kappa shape index (κ3) is 3.89. The molecule has 0 saturated carbocycles.